The smallest absolute Gasteiger partial charge is 0.228 e. The van der Waals surface area contributed by atoms with E-state index in [-0.39, 0.29) is 11.9 Å². The molecule has 2 aromatic rings. The van der Waals surface area contributed by atoms with Crippen LogP contribution in [-0.4, -0.2) is 13.0 Å². The van der Waals surface area contributed by atoms with E-state index in [0.29, 0.717) is 13.0 Å². The predicted octanol–water partition coefficient (Wildman–Crippen LogP) is 2.48. The van der Waals surface area contributed by atoms with Crippen LogP contribution in [0.5, 0.6) is 0 Å². The number of nitrogens with one attached hydrogen (secondary N) is 1. The van der Waals surface area contributed by atoms with Crippen LogP contribution in [0.25, 0.3) is 0 Å². The molecule has 0 saturated carbocycles. The summed E-state index contributed by atoms with van der Waals surface area (Å²) < 4.78 is 5.30. The predicted molar refractivity (Wildman–Crippen MR) is 72.8 cm³/mol. The Hall–Kier alpha value is -2.07. The average Bonchev–Trinajstić information content (AvgIpc) is 2.95. The van der Waals surface area contributed by atoms with Crippen LogP contribution in [0.4, 0.5) is 5.69 Å². The van der Waals surface area contributed by atoms with Gasteiger partial charge < -0.3 is 14.6 Å². The molecule has 1 N–H and O–H groups in total. The zero-order valence-corrected chi connectivity index (χ0v) is 10.8. The fraction of sp³-hybridized carbons (Fsp3) is 0.267. The molecule has 2 heterocycles. The van der Waals surface area contributed by atoms with Gasteiger partial charge in [-0.25, -0.2) is 0 Å². The maximum atomic E-state index is 12.0. The van der Waals surface area contributed by atoms with E-state index < -0.39 is 0 Å². The fourth-order valence-electron chi connectivity index (χ4n) is 2.46. The standard InChI is InChI=1S/C15H16N2O2/c1-17-14-7-3-2-6-12(14)13(9-15(17)18)16-10-11-5-4-8-19-11/h2-8,13,16H,9-10H2,1H3. The Balaban J connectivity index is 1.82. The molecule has 19 heavy (non-hydrogen) atoms. The zero-order chi connectivity index (χ0) is 13.2. The number of amides is 1. The zero-order valence-electron chi connectivity index (χ0n) is 10.8. The number of rotatable bonds is 3. The lowest BCUT2D eigenvalue weighted by atomic mass is 9.96. The summed E-state index contributed by atoms with van der Waals surface area (Å²) >= 11 is 0. The quantitative estimate of drug-likeness (QED) is 0.917. The molecule has 1 aromatic heterocycles. The highest BCUT2D eigenvalue weighted by Crippen LogP contribution is 2.33. The summed E-state index contributed by atoms with van der Waals surface area (Å²) in [6.07, 6.45) is 2.14. The minimum atomic E-state index is 0.0463. The van der Waals surface area contributed by atoms with E-state index in [1.807, 2.05) is 37.4 Å². The molecule has 0 bridgehead atoms. The molecule has 1 unspecified atom stereocenters. The second-order valence-corrected chi connectivity index (χ2v) is 4.73. The Morgan fingerprint density at radius 2 is 2.16 bits per heavy atom. The number of anilines is 1. The van der Waals surface area contributed by atoms with Crippen molar-refractivity contribution in [3.63, 3.8) is 0 Å². The number of fused-ring (bicyclic) bond motifs is 1. The second kappa shape index (κ2) is 4.90. The van der Waals surface area contributed by atoms with Crippen LogP contribution in [0.1, 0.15) is 23.8 Å². The van der Waals surface area contributed by atoms with E-state index in [2.05, 4.69) is 11.4 Å². The normalized spacial score (nSPS) is 18.5. The Morgan fingerprint density at radius 3 is 2.95 bits per heavy atom. The molecule has 0 spiro atoms. The lowest BCUT2D eigenvalue weighted by Crippen LogP contribution is -2.37. The average molecular weight is 256 g/mol. The van der Waals surface area contributed by atoms with Crippen LogP contribution in [-0.2, 0) is 11.3 Å². The minimum Gasteiger partial charge on any atom is -0.468 e. The lowest BCUT2D eigenvalue weighted by molar-refractivity contribution is -0.119. The molecule has 1 aliphatic rings. The van der Waals surface area contributed by atoms with Crippen LogP contribution in [0.2, 0.25) is 0 Å². The molecule has 4 heteroatoms. The van der Waals surface area contributed by atoms with Gasteiger partial charge in [0.05, 0.1) is 12.8 Å². The van der Waals surface area contributed by atoms with Gasteiger partial charge in [0.15, 0.2) is 0 Å². The van der Waals surface area contributed by atoms with E-state index >= 15 is 0 Å². The Labute approximate surface area is 112 Å². The topological polar surface area (TPSA) is 45.5 Å². The van der Waals surface area contributed by atoms with Crippen molar-refractivity contribution < 1.29 is 9.21 Å². The Bertz CT molecular complexity index is 578. The lowest BCUT2D eigenvalue weighted by Gasteiger charge is -2.32. The Kier molecular flexibility index (Phi) is 3.09. The largest absolute Gasteiger partial charge is 0.468 e. The highest BCUT2D eigenvalue weighted by molar-refractivity contribution is 5.96. The van der Waals surface area contributed by atoms with Gasteiger partial charge in [0.1, 0.15) is 5.76 Å². The summed E-state index contributed by atoms with van der Waals surface area (Å²) in [5, 5.41) is 3.39. The molecule has 0 radical (unpaired) electrons. The summed E-state index contributed by atoms with van der Waals surface area (Å²) in [4.78, 5) is 13.7. The van der Waals surface area contributed by atoms with Crippen LogP contribution >= 0.6 is 0 Å². The number of benzene rings is 1. The highest BCUT2D eigenvalue weighted by atomic mass is 16.3. The van der Waals surface area contributed by atoms with Crippen molar-refractivity contribution in [2.24, 2.45) is 0 Å². The summed E-state index contributed by atoms with van der Waals surface area (Å²) in [5.74, 6) is 1.01. The van der Waals surface area contributed by atoms with Crippen molar-refractivity contribution in [1.82, 2.24) is 5.32 Å². The van der Waals surface area contributed by atoms with Gasteiger partial charge in [0, 0.05) is 25.2 Å². The SMILES string of the molecule is CN1C(=O)CC(NCc2ccco2)c2ccccc21. The summed E-state index contributed by atoms with van der Waals surface area (Å²) in [6.45, 7) is 0.628. The van der Waals surface area contributed by atoms with Gasteiger partial charge in [-0.1, -0.05) is 18.2 Å². The maximum Gasteiger partial charge on any atom is 0.228 e. The van der Waals surface area contributed by atoms with Gasteiger partial charge in [-0.05, 0) is 23.8 Å². The third kappa shape index (κ3) is 2.27. The first-order valence-corrected chi connectivity index (χ1v) is 6.37. The van der Waals surface area contributed by atoms with E-state index in [4.69, 9.17) is 4.42 Å². The first kappa shape index (κ1) is 12.0. The molecular formula is C15H16N2O2. The molecule has 1 atom stereocenters. The van der Waals surface area contributed by atoms with Gasteiger partial charge in [-0.15, -0.1) is 0 Å². The van der Waals surface area contributed by atoms with Crippen molar-refractivity contribution in [2.75, 3.05) is 11.9 Å². The highest BCUT2D eigenvalue weighted by Gasteiger charge is 2.28. The summed E-state index contributed by atoms with van der Waals surface area (Å²) in [6, 6.07) is 11.8. The van der Waals surface area contributed by atoms with E-state index in [1.54, 1.807) is 11.2 Å². The first-order chi connectivity index (χ1) is 9.25. The number of hydrogen-bond acceptors (Lipinski definition) is 3. The van der Waals surface area contributed by atoms with Gasteiger partial charge in [-0.2, -0.15) is 0 Å². The third-order valence-corrected chi connectivity index (χ3v) is 3.53. The van der Waals surface area contributed by atoms with Crippen molar-refractivity contribution in [3.05, 3.63) is 54.0 Å². The monoisotopic (exact) mass is 256 g/mol. The van der Waals surface area contributed by atoms with Crippen LogP contribution in [0.15, 0.2) is 47.1 Å². The number of carbonyl (C=O) groups is 1. The van der Waals surface area contributed by atoms with Gasteiger partial charge in [0.2, 0.25) is 5.91 Å². The molecule has 1 aliphatic heterocycles. The number of carbonyl (C=O) groups excluding carboxylic acids is 1. The van der Waals surface area contributed by atoms with Crippen molar-refractivity contribution in [1.29, 1.82) is 0 Å². The van der Waals surface area contributed by atoms with E-state index in [0.717, 1.165) is 17.0 Å². The molecular weight excluding hydrogens is 240 g/mol. The van der Waals surface area contributed by atoms with Crippen molar-refractivity contribution in [2.45, 2.75) is 19.0 Å². The summed E-state index contributed by atoms with van der Waals surface area (Å²) in [5.41, 5.74) is 2.15. The number of para-hydroxylation sites is 1. The molecule has 98 valence electrons. The molecule has 4 nitrogen and oxygen atoms in total. The van der Waals surface area contributed by atoms with Crippen LogP contribution in [0, 0.1) is 0 Å². The number of nitrogens with zero attached hydrogens (tertiary/aromatic N) is 1. The molecule has 1 amide bonds. The summed E-state index contributed by atoms with van der Waals surface area (Å²) in [7, 11) is 1.82. The second-order valence-electron chi connectivity index (χ2n) is 4.73. The molecule has 0 fully saturated rings. The first-order valence-electron chi connectivity index (χ1n) is 6.37. The third-order valence-electron chi connectivity index (χ3n) is 3.53. The molecule has 1 aromatic carbocycles. The molecule has 0 saturated heterocycles. The number of furan rings is 1. The number of hydrogen-bond donors (Lipinski definition) is 1. The van der Waals surface area contributed by atoms with Crippen molar-refractivity contribution in [3.8, 4) is 0 Å². The van der Waals surface area contributed by atoms with Gasteiger partial charge in [0.25, 0.3) is 0 Å². The van der Waals surface area contributed by atoms with E-state index in [9.17, 15) is 4.79 Å². The maximum absolute atomic E-state index is 12.0. The van der Waals surface area contributed by atoms with E-state index in [1.165, 1.54) is 0 Å². The fourth-order valence-corrected chi connectivity index (χ4v) is 2.46. The molecule has 3 rings (SSSR count). The minimum absolute atomic E-state index is 0.0463. The Morgan fingerprint density at radius 1 is 1.32 bits per heavy atom. The van der Waals surface area contributed by atoms with Crippen molar-refractivity contribution >= 4 is 11.6 Å². The van der Waals surface area contributed by atoms with Gasteiger partial charge in [-0.3, -0.25) is 4.79 Å². The van der Waals surface area contributed by atoms with Gasteiger partial charge >= 0.3 is 0 Å². The van der Waals surface area contributed by atoms with Crippen LogP contribution < -0.4 is 10.2 Å². The van der Waals surface area contributed by atoms with Crippen LogP contribution in [0.3, 0.4) is 0 Å². The molecule has 0 aliphatic carbocycles.